The fourth-order valence-corrected chi connectivity index (χ4v) is 6.36. The van der Waals surface area contributed by atoms with Crippen LogP contribution in [0.5, 0.6) is 0 Å². The second-order valence-electron chi connectivity index (χ2n) is 10.0. The van der Waals surface area contributed by atoms with E-state index in [2.05, 4.69) is 0 Å². The van der Waals surface area contributed by atoms with Gasteiger partial charge in [-0.05, 0) is 25.7 Å². The minimum absolute atomic E-state index is 0.0377. The van der Waals surface area contributed by atoms with E-state index in [1.54, 1.807) is 23.9 Å². The van der Waals surface area contributed by atoms with E-state index in [1.165, 1.54) is 12.8 Å². The molecule has 4 heterocycles. The van der Waals surface area contributed by atoms with Gasteiger partial charge in [-0.2, -0.15) is 0 Å². The van der Waals surface area contributed by atoms with E-state index < -0.39 is 37.5 Å². The highest BCUT2D eigenvalue weighted by molar-refractivity contribution is 5.78. The Kier molecular flexibility index (Phi) is 5.24. The zero-order valence-corrected chi connectivity index (χ0v) is 18.9. The van der Waals surface area contributed by atoms with E-state index in [-0.39, 0.29) is 24.1 Å². The molecular formula is C22H34N4O6. The highest BCUT2D eigenvalue weighted by Gasteiger charge is 2.60. The van der Waals surface area contributed by atoms with Gasteiger partial charge in [-0.15, -0.1) is 0 Å². The topological polar surface area (TPSA) is 84.0 Å². The van der Waals surface area contributed by atoms with Crippen LogP contribution in [-0.2, 0) is 18.9 Å². The highest BCUT2D eigenvalue weighted by atomic mass is 16.8. The monoisotopic (exact) mass is 450 g/mol. The molecule has 0 aromatic carbocycles. The number of urea groups is 2. The van der Waals surface area contributed by atoms with Gasteiger partial charge in [-0.1, -0.05) is 38.5 Å². The van der Waals surface area contributed by atoms with Crippen molar-refractivity contribution in [2.75, 3.05) is 14.1 Å². The van der Waals surface area contributed by atoms with Gasteiger partial charge in [0.2, 0.25) is 12.6 Å². The summed E-state index contributed by atoms with van der Waals surface area (Å²) in [7, 11) is 3.52. The third-order valence-corrected chi connectivity index (χ3v) is 8.10. The maximum Gasteiger partial charge on any atom is 0.324 e. The number of ether oxygens (including phenoxy) is 4. The van der Waals surface area contributed by atoms with E-state index in [9.17, 15) is 9.59 Å². The quantitative estimate of drug-likeness (QED) is 0.657. The van der Waals surface area contributed by atoms with Crippen LogP contribution in [-0.4, -0.2) is 95.3 Å². The third kappa shape index (κ3) is 3.13. The Balaban J connectivity index is 1.16. The lowest BCUT2D eigenvalue weighted by Gasteiger charge is -2.34. The van der Waals surface area contributed by atoms with E-state index in [4.69, 9.17) is 18.9 Å². The van der Waals surface area contributed by atoms with Gasteiger partial charge >= 0.3 is 12.1 Å². The van der Waals surface area contributed by atoms with Crippen LogP contribution in [0.15, 0.2) is 0 Å². The summed E-state index contributed by atoms with van der Waals surface area (Å²) in [5.41, 5.74) is 0. The number of fused-ring (bicyclic) bond motifs is 2. The Morgan fingerprint density at radius 2 is 0.906 bits per heavy atom. The molecule has 178 valence electrons. The minimum atomic E-state index is -0.742. The molecular weight excluding hydrogens is 416 g/mol. The summed E-state index contributed by atoms with van der Waals surface area (Å²) in [5.74, 6) is 0. The normalized spacial score (nSPS) is 41.2. The predicted molar refractivity (Wildman–Crippen MR) is 111 cm³/mol. The van der Waals surface area contributed by atoms with Crippen LogP contribution in [0.2, 0.25) is 0 Å². The van der Waals surface area contributed by atoms with Crippen molar-refractivity contribution in [3.63, 3.8) is 0 Å². The Labute approximate surface area is 188 Å². The number of hydrogen-bond donors (Lipinski definition) is 0. The number of likely N-dealkylation sites (N-methyl/N-ethyl adjacent to an activating group) is 2. The van der Waals surface area contributed by atoms with Crippen molar-refractivity contribution >= 4 is 12.1 Å². The van der Waals surface area contributed by atoms with Gasteiger partial charge in [0.05, 0.1) is 0 Å². The summed E-state index contributed by atoms with van der Waals surface area (Å²) in [6.07, 6.45) is 7.63. The van der Waals surface area contributed by atoms with Gasteiger partial charge in [0.15, 0.2) is 24.9 Å². The lowest BCUT2D eigenvalue weighted by Crippen LogP contribution is -2.47. The van der Waals surface area contributed by atoms with E-state index in [0.29, 0.717) is 0 Å². The molecule has 6 atom stereocenters. The largest absolute Gasteiger partial charge is 0.324 e. The molecule has 0 aromatic rings. The molecule has 0 aromatic heterocycles. The molecule has 4 amide bonds. The smallest absolute Gasteiger partial charge is 0.319 e. The molecule has 10 nitrogen and oxygen atoms in total. The summed E-state index contributed by atoms with van der Waals surface area (Å²) in [6.45, 7) is 0. The fourth-order valence-electron chi connectivity index (χ4n) is 6.36. The molecule has 4 aliphatic heterocycles. The van der Waals surface area contributed by atoms with Crippen LogP contribution in [0.3, 0.4) is 0 Å². The first kappa shape index (κ1) is 20.9. The lowest BCUT2D eigenvalue weighted by atomic mass is 9.94. The van der Waals surface area contributed by atoms with Gasteiger partial charge in [0, 0.05) is 26.2 Å². The molecule has 6 aliphatic rings. The van der Waals surface area contributed by atoms with Gasteiger partial charge in [-0.25, -0.2) is 9.59 Å². The first-order valence-electron chi connectivity index (χ1n) is 12.3. The molecule has 0 radical (unpaired) electrons. The van der Waals surface area contributed by atoms with Gasteiger partial charge in [0.1, 0.15) is 0 Å². The van der Waals surface area contributed by atoms with Crippen LogP contribution in [0, 0.1) is 0 Å². The van der Waals surface area contributed by atoms with E-state index in [0.717, 1.165) is 51.4 Å². The second-order valence-corrected chi connectivity index (χ2v) is 10.0. The van der Waals surface area contributed by atoms with Gasteiger partial charge in [-0.3, -0.25) is 19.6 Å². The van der Waals surface area contributed by atoms with Crippen LogP contribution in [0.4, 0.5) is 9.59 Å². The number of rotatable bonds is 3. The number of amides is 4. The molecule has 6 fully saturated rings. The number of hydrogen-bond acceptors (Lipinski definition) is 6. The summed E-state index contributed by atoms with van der Waals surface area (Å²) < 4.78 is 24.8. The van der Waals surface area contributed by atoms with Crippen molar-refractivity contribution in [2.24, 2.45) is 0 Å². The molecule has 4 saturated heterocycles. The van der Waals surface area contributed by atoms with E-state index in [1.807, 2.05) is 9.80 Å². The minimum Gasteiger partial charge on any atom is -0.319 e. The first-order valence-corrected chi connectivity index (χ1v) is 12.3. The average Bonchev–Trinajstić information content (AvgIpc) is 3.54. The van der Waals surface area contributed by atoms with Crippen molar-refractivity contribution in [2.45, 2.75) is 114 Å². The number of carbonyl (C=O) groups is 2. The summed E-state index contributed by atoms with van der Waals surface area (Å²) in [5, 5.41) is 0. The summed E-state index contributed by atoms with van der Waals surface area (Å²) in [6, 6.07) is 0.298. The van der Waals surface area contributed by atoms with Crippen molar-refractivity contribution < 1.29 is 28.5 Å². The number of carbonyl (C=O) groups excluding carboxylic acids is 2. The molecule has 0 spiro atoms. The van der Waals surface area contributed by atoms with Crippen LogP contribution in [0.1, 0.15) is 64.2 Å². The fraction of sp³-hybridized carbons (Fsp3) is 0.909. The van der Waals surface area contributed by atoms with Crippen molar-refractivity contribution in [1.29, 1.82) is 0 Å². The Hall–Kier alpha value is -1.62. The lowest BCUT2D eigenvalue weighted by molar-refractivity contribution is -0.243. The van der Waals surface area contributed by atoms with Crippen LogP contribution < -0.4 is 0 Å². The van der Waals surface area contributed by atoms with Crippen molar-refractivity contribution in [3.8, 4) is 0 Å². The van der Waals surface area contributed by atoms with Crippen LogP contribution >= 0.6 is 0 Å². The standard InChI is InChI=1S/C22H34N4O6/c1-23-15-17(25(21(23)27)13-9-5-3-6-10-13)31-19(29-15)20-30-16-18(32-20)26(22(28)24(16)2)14-11-7-4-8-12-14/h13-20H,3-12H2,1-2H3/t15-,16-,17-,18-,19-,20-/m1/s1. The molecule has 10 heteroatoms. The average molecular weight is 451 g/mol. The third-order valence-electron chi connectivity index (χ3n) is 8.10. The Morgan fingerprint density at radius 3 is 1.28 bits per heavy atom. The summed E-state index contributed by atoms with van der Waals surface area (Å²) >= 11 is 0. The van der Waals surface area contributed by atoms with Gasteiger partial charge in [0.25, 0.3) is 0 Å². The molecule has 0 unspecified atom stereocenters. The Morgan fingerprint density at radius 1 is 0.562 bits per heavy atom. The van der Waals surface area contributed by atoms with Gasteiger partial charge < -0.3 is 18.9 Å². The number of nitrogens with zero attached hydrogens (tertiary/aromatic N) is 4. The van der Waals surface area contributed by atoms with Crippen molar-refractivity contribution in [1.82, 2.24) is 19.6 Å². The van der Waals surface area contributed by atoms with Crippen molar-refractivity contribution in [3.05, 3.63) is 0 Å². The molecule has 6 rings (SSSR count). The second kappa shape index (κ2) is 8.00. The molecule has 32 heavy (non-hydrogen) atoms. The Bertz CT molecular complexity index is 695. The first-order chi connectivity index (χ1) is 15.5. The zero-order chi connectivity index (χ0) is 22.0. The molecule has 0 bridgehead atoms. The van der Waals surface area contributed by atoms with Crippen LogP contribution in [0.25, 0.3) is 0 Å². The highest BCUT2D eigenvalue weighted by Crippen LogP contribution is 2.42. The molecule has 2 saturated carbocycles. The maximum atomic E-state index is 12.9. The molecule has 2 aliphatic carbocycles. The predicted octanol–water partition coefficient (Wildman–Crippen LogP) is 2.44. The maximum absolute atomic E-state index is 12.9. The van der Waals surface area contributed by atoms with E-state index >= 15 is 0 Å². The zero-order valence-electron chi connectivity index (χ0n) is 18.9. The summed E-state index contributed by atoms with van der Waals surface area (Å²) in [4.78, 5) is 32.7. The molecule has 0 N–H and O–H groups in total. The SMILES string of the molecule is CN1C(=O)N(C2CCCCC2)[C@@H]2O[C@H]([C@@H]3O[C@@H]4[C@@H](O3)N(C3CCCCC3)C(=O)N4C)O[C@H]21.